The third kappa shape index (κ3) is 3.15. The largest absolute Gasteiger partial charge is 0.475 e. The highest BCUT2D eigenvalue weighted by atomic mass is 16.5. The average Bonchev–Trinajstić information content (AvgIpc) is 2.82. The zero-order valence-corrected chi connectivity index (χ0v) is 9.30. The van der Waals surface area contributed by atoms with Crippen LogP contribution < -0.4 is 4.74 Å². The number of hydrogen-bond acceptors (Lipinski definition) is 5. The molecule has 0 bridgehead atoms. The molecule has 1 aliphatic heterocycles. The normalized spacial score (nSPS) is 16.6. The van der Waals surface area contributed by atoms with Gasteiger partial charge in [-0.05, 0) is 25.9 Å². The minimum Gasteiger partial charge on any atom is -0.475 e. The van der Waals surface area contributed by atoms with Gasteiger partial charge in [0, 0.05) is 6.54 Å². The van der Waals surface area contributed by atoms with Crippen molar-refractivity contribution in [3.8, 4) is 5.88 Å². The Morgan fingerprint density at radius 2 is 2.12 bits per heavy atom. The first-order chi connectivity index (χ1) is 7.88. The molecule has 0 radical (unpaired) electrons. The van der Waals surface area contributed by atoms with Crippen LogP contribution in [-0.2, 0) is 6.61 Å². The summed E-state index contributed by atoms with van der Waals surface area (Å²) in [5.74, 6) is 0.491. The fraction of sp³-hybridized carbons (Fsp3) is 0.636. The summed E-state index contributed by atoms with van der Waals surface area (Å²) in [7, 11) is 0. The lowest BCUT2D eigenvalue weighted by molar-refractivity contribution is 0.227. The summed E-state index contributed by atoms with van der Waals surface area (Å²) >= 11 is 0. The molecule has 0 spiro atoms. The van der Waals surface area contributed by atoms with Crippen molar-refractivity contribution >= 4 is 0 Å². The molecule has 0 saturated carbocycles. The van der Waals surface area contributed by atoms with Crippen LogP contribution in [0.1, 0.15) is 18.5 Å². The van der Waals surface area contributed by atoms with Crippen LogP contribution in [-0.4, -0.2) is 46.2 Å². The molecule has 2 rings (SSSR count). The first kappa shape index (κ1) is 11.3. The maximum atomic E-state index is 8.89. The Balaban J connectivity index is 1.75. The molecule has 0 unspecified atom stereocenters. The standard InChI is InChI=1S/C11H17N3O2/c15-9-10-7-12-8-11(13-10)16-6-5-14-3-1-2-4-14/h7-8,15H,1-6,9H2. The predicted octanol–water partition coefficient (Wildman–Crippen LogP) is 0.443. The van der Waals surface area contributed by atoms with Gasteiger partial charge < -0.3 is 9.84 Å². The molecule has 0 atom stereocenters. The summed E-state index contributed by atoms with van der Waals surface area (Å²) in [4.78, 5) is 10.4. The van der Waals surface area contributed by atoms with Gasteiger partial charge in [-0.2, -0.15) is 0 Å². The first-order valence-electron chi connectivity index (χ1n) is 5.65. The van der Waals surface area contributed by atoms with E-state index in [0.717, 1.165) is 6.54 Å². The molecule has 5 nitrogen and oxygen atoms in total. The van der Waals surface area contributed by atoms with E-state index in [2.05, 4.69) is 14.9 Å². The zero-order chi connectivity index (χ0) is 11.2. The Hall–Kier alpha value is -1.20. The van der Waals surface area contributed by atoms with Crippen molar-refractivity contribution in [1.29, 1.82) is 0 Å². The molecule has 1 N–H and O–H groups in total. The van der Waals surface area contributed by atoms with Crippen molar-refractivity contribution in [1.82, 2.24) is 14.9 Å². The highest BCUT2D eigenvalue weighted by Crippen LogP contribution is 2.08. The second-order valence-electron chi connectivity index (χ2n) is 3.90. The Morgan fingerprint density at radius 1 is 1.31 bits per heavy atom. The van der Waals surface area contributed by atoms with Crippen molar-refractivity contribution in [3.05, 3.63) is 18.1 Å². The summed E-state index contributed by atoms with van der Waals surface area (Å²) in [6.07, 6.45) is 5.69. The molecule has 16 heavy (non-hydrogen) atoms. The van der Waals surface area contributed by atoms with Crippen molar-refractivity contribution in [2.24, 2.45) is 0 Å². The number of nitrogens with zero attached hydrogens (tertiary/aromatic N) is 3. The molecule has 1 aromatic rings. The highest BCUT2D eigenvalue weighted by Gasteiger charge is 2.10. The van der Waals surface area contributed by atoms with Gasteiger partial charge >= 0.3 is 0 Å². The fourth-order valence-corrected chi connectivity index (χ4v) is 1.82. The minimum absolute atomic E-state index is 0.101. The summed E-state index contributed by atoms with van der Waals surface area (Å²) in [6.45, 7) is 3.81. The molecule has 88 valence electrons. The van der Waals surface area contributed by atoms with Gasteiger partial charge in [-0.3, -0.25) is 9.88 Å². The van der Waals surface area contributed by atoms with Gasteiger partial charge in [-0.15, -0.1) is 0 Å². The Morgan fingerprint density at radius 3 is 2.88 bits per heavy atom. The summed E-state index contributed by atoms with van der Waals surface area (Å²) in [5.41, 5.74) is 0.540. The van der Waals surface area contributed by atoms with Gasteiger partial charge in [0.1, 0.15) is 6.61 Å². The molecule has 2 heterocycles. The summed E-state index contributed by atoms with van der Waals surface area (Å²) in [5, 5.41) is 8.89. The molecule has 1 fully saturated rings. The first-order valence-corrected chi connectivity index (χ1v) is 5.65. The number of aromatic nitrogens is 2. The van der Waals surface area contributed by atoms with E-state index >= 15 is 0 Å². The van der Waals surface area contributed by atoms with Crippen LogP contribution in [0, 0.1) is 0 Å². The van der Waals surface area contributed by atoms with E-state index in [4.69, 9.17) is 9.84 Å². The smallest absolute Gasteiger partial charge is 0.232 e. The summed E-state index contributed by atoms with van der Waals surface area (Å²) < 4.78 is 5.48. The van der Waals surface area contributed by atoms with Gasteiger partial charge in [-0.25, -0.2) is 4.98 Å². The number of aliphatic hydroxyl groups is 1. The number of likely N-dealkylation sites (tertiary alicyclic amines) is 1. The minimum atomic E-state index is -0.101. The lowest BCUT2D eigenvalue weighted by Crippen LogP contribution is -2.25. The molecule has 1 saturated heterocycles. The number of rotatable bonds is 5. The lowest BCUT2D eigenvalue weighted by atomic mass is 10.4. The topological polar surface area (TPSA) is 58.5 Å². The molecule has 1 aromatic heterocycles. The highest BCUT2D eigenvalue weighted by molar-refractivity contribution is 5.07. The monoisotopic (exact) mass is 223 g/mol. The predicted molar refractivity (Wildman–Crippen MR) is 59.1 cm³/mol. The molecule has 1 aliphatic rings. The van der Waals surface area contributed by atoms with Crippen LogP contribution in [0.4, 0.5) is 0 Å². The average molecular weight is 223 g/mol. The molecule has 0 amide bonds. The van der Waals surface area contributed by atoms with Crippen molar-refractivity contribution < 1.29 is 9.84 Å². The van der Waals surface area contributed by atoms with E-state index in [0.29, 0.717) is 18.2 Å². The van der Waals surface area contributed by atoms with Gasteiger partial charge in [0.25, 0.3) is 0 Å². The van der Waals surface area contributed by atoms with Crippen molar-refractivity contribution in [2.75, 3.05) is 26.2 Å². The quantitative estimate of drug-likeness (QED) is 0.785. The van der Waals surface area contributed by atoms with E-state index in [1.807, 2.05) is 0 Å². The Bertz CT molecular complexity index is 327. The van der Waals surface area contributed by atoms with Gasteiger partial charge in [0.15, 0.2) is 0 Å². The second kappa shape index (κ2) is 5.77. The van der Waals surface area contributed by atoms with Gasteiger partial charge in [0.2, 0.25) is 5.88 Å². The molecular weight excluding hydrogens is 206 g/mol. The van der Waals surface area contributed by atoms with Crippen LogP contribution in [0.5, 0.6) is 5.88 Å². The van der Waals surface area contributed by atoms with E-state index in [1.165, 1.54) is 32.1 Å². The fourth-order valence-electron chi connectivity index (χ4n) is 1.82. The number of hydrogen-bond donors (Lipinski definition) is 1. The van der Waals surface area contributed by atoms with Crippen LogP contribution in [0.3, 0.4) is 0 Å². The summed E-state index contributed by atoms with van der Waals surface area (Å²) in [6, 6.07) is 0. The third-order valence-corrected chi connectivity index (χ3v) is 2.68. The van der Waals surface area contributed by atoms with Crippen LogP contribution in [0.2, 0.25) is 0 Å². The van der Waals surface area contributed by atoms with Crippen LogP contribution >= 0.6 is 0 Å². The van der Waals surface area contributed by atoms with Crippen LogP contribution in [0.15, 0.2) is 12.4 Å². The Labute approximate surface area is 95.1 Å². The molecule has 0 aliphatic carbocycles. The zero-order valence-electron chi connectivity index (χ0n) is 9.30. The maximum absolute atomic E-state index is 8.89. The van der Waals surface area contributed by atoms with E-state index in [1.54, 1.807) is 6.20 Å². The van der Waals surface area contributed by atoms with Gasteiger partial charge in [0.05, 0.1) is 24.7 Å². The SMILES string of the molecule is OCc1cncc(OCCN2CCCC2)n1. The van der Waals surface area contributed by atoms with Crippen molar-refractivity contribution in [2.45, 2.75) is 19.4 Å². The van der Waals surface area contributed by atoms with Crippen LogP contribution in [0.25, 0.3) is 0 Å². The maximum Gasteiger partial charge on any atom is 0.232 e. The number of ether oxygens (including phenoxy) is 1. The van der Waals surface area contributed by atoms with Gasteiger partial charge in [-0.1, -0.05) is 0 Å². The molecular formula is C11H17N3O2. The van der Waals surface area contributed by atoms with E-state index < -0.39 is 0 Å². The van der Waals surface area contributed by atoms with E-state index in [-0.39, 0.29) is 6.61 Å². The van der Waals surface area contributed by atoms with E-state index in [9.17, 15) is 0 Å². The lowest BCUT2D eigenvalue weighted by Gasteiger charge is -2.14. The molecule has 0 aromatic carbocycles. The third-order valence-electron chi connectivity index (χ3n) is 2.68. The van der Waals surface area contributed by atoms with Crippen molar-refractivity contribution in [3.63, 3.8) is 0 Å². The second-order valence-corrected chi connectivity index (χ2v) is 3.90. The molecule has 5 heteroatoms. The number of aliphatic hydroxyl groups excluding tert-OH is 1. The Kier molecular flexibility index (Phi) is 4.07.